The Balaban J connectivity index is 1.54. The number of rotatable bonds is 7. The second-order valence-electron chi connectivity index (χ2n) is 9.88. The van der Waals surface area contributed by atoms with Crippen molar-refractivity contribution in [2.75, 3.05) is 49.2 Å². The van der Waals surface area contributed by atoms with E-state index in [-0.39, 0.29) is 36.2 Å². The fourth-order valence-corrected chi connectivity index (χ4v) is 8.25. The highest BCUT2D eigenvalue weighted by Crippen LogP contribution is 2.60. The van der Waals surface area contributed by atoms with Crippen molar-refractivity contribution in [3.8, 4) is 0 Å². The number of nitrogens with zero attached hydrogens (tertiary/aromatic N) is 3. The van der Waals surface area contributed by atoms with E-state index in [1.807, 2.05) is 48.6 Å². The molecule has 4 aliphatic rings. The average molecular weight is 526 g/mol. The second kappa shape index (κ2) is 10.5. The minimum Gasteiger partial charge on any atom is -0.465 e. The van der Waals surface area contributed by atoms with Gasteiger partial charge in [0.05, 0.1) is 23.2 Å². The molecule has 1 aromatic rings. The van der Waals surface area contributed by atoms with Crippen molar-refractivity contribution in [2.45, 2.75) is 42.7 Å². The Morgan fingerprint density at radius 2 is 1.86 bits per heavy atom. The second-order valence-corrected chi connectivity index (χ2v) is 11.4. The van der Waals surface area contributed by atoms with Gasteiger partial charge in [-0.2, -0.15) is 0 Å². The lowest BCUT2D eigenvalue weighted by molar-refractivity contribution is -0.153. The number of benzene rings is 1. The molecule has 1 unspecified atom stereocenters. The number of esters is 1. The molecule has 0 aliphatic carbocycles. The normalized spacial score (nSPS) is 30.8. The molecule has 4 heterocycles. The zero-order valence-electron chi connectivity index (χ0n) is 21.4. The van der Waals surface area contributed by atoms with E-state index in [0.717, 1.165) is 24.5 Å². The fraction of sp³-hybridized carbons (Fsp3) is 0.536. The van der Waals surface area contributed by atoms with E-state index in [1.165, 1.54) is 11.8 Å². The van der Waals surface area contributed by atoms with E-state index >= 15 is 0 Å². The van der Waals surface area contributed by atoms with Crippen molar-refractivity contribution in [3.05, 3.63) is 48.6 Å². The van der Waals surface area contributed by atoms with Crippen LogP contribution in [-0.4, -0.2) is 83.2 Å². The number of ether oxygens (including phenoxy) is 1. The maximum absolute atomic E-state index is 14.3. The van der Waals surface area contributed by atoms with Gasteiger partial charge in [0.15, 0.2) is 0 Å². The fourth-order valence-electron chi connectivity index (χ4n) is 6.25. The molecule has 0 radical (unpaired) electrons. The SMILES string of the molecule is CCN(CC)c1ccc(N2CC=C[C@]34S[C@@H]5C=CCCOC(=O)[C@@H]5[C@H]3C(=O)N(CCCO)C4C2=O)cc1. The average Bonchev–Trinajstić information content (AvgIpc) is 3.27. The number of anilines is 2. The van der Waals surface area contributed by atoms with Gasteiger partial charge in [-0.05, 0) is 51.0 Å². The Labute approximate surface area is 222 Å². The predicted octanol–water partition coefficient (Wildman–Crippen LogP) is 2.62. The van der Waals surface area contributed by atoms with Gasteiger partial charge in [0.2, 0.25) is 5.91 Å². The Kier molecular flexibility index (Phi) is 7.36. The molecular formula is C28H35N3O5S. The summed E-state index contributed by atoms with van der Waals surface area (Å²) in [5, 5.41) is 9.30. The number of cyclic esters (lactones) is 1. The maximum Gasteiger partial charge on any atom is 0.311 e. The van der Waals surface area contributed by atoms with Gasteiger partial charge in [0.1, 0.15) is 6.04 Å². The number of hydrogen-bond donors (Lipinski definition) is 1. The van der Waals surface area contributed by atoms with Crippen molar-refractivity contribution in [1.82, 2.24) is 4.90 Å². The number of carbonyl (C=O) groups excluding carboxylic acids is 3. The molecule has 198 valence electrons. The first-order valence-electron chi connectivity index (χ1n) is 13.2. The molecule has 1 spiro atoms. The van der Waals surface area contributed by atoms with Crippen LogP contribution in [0.4, 0.5) is 11.4 Å². The lowest BCUT2D eigenvalue weighted by Crippen LogP contribution is -2.53. The van der Waals surface area contributed by atoms with Crippen molar-refractivity contribution in [2.24, 2.45) is 11.8 Å². The third-order valence-corrected chi connectivity index (χ3v) is 9.71. The molecule has 0 aromatic heterocycles. The summed E-state index contributed by atoms with van der Waals surface area (Å²) in [6.45, 7) is 6.86. The summed E-state index contributed by atoms with van der Waals surface area (Å²) >= 11 is 1.54. The number of thioether (sulfide) groups is 1. The zero-order chi connectivity index (χ0) is 26.2. The van der Waals surface area contributed by atoms with E-state index in [1.54, 1.807) is 9.80 Å². The van der Waals surface area contributed by atoms with Crippen molar-refractivity contribution >= 4 is 40.9 Å². The van der Waals surface area contributed by atoms with Gasteiger partial charge in [0, 0.05) is 49.4 Å². The van der Waals surface area contributed by atoms with Gasteiger partial charge >= 0.3 is 5.97 Å². The molecule has 8 nitrogen and oxygen atoms in total. The lowest BCUT2D eigenvalue weighted by Gasteiger charge is -2.35. The molecule has 0 saturated carbocycles. The van der Waals surface area contributed by atoms with Crippen LogP contribution in [0.3, 0.4) is 0 Å². The van der Waals surface area contributed by atoms with E-state index in [2.05, 4.69) is 18.7 Å². The van der Waals surface area contributed by atoms with E-state index < -0.39 is 22.6 Å². The molecule has 9 heteroatoms. The Morgan fingerprint density at radius 3 is 2.57 bits per heavy atom. The molecule has 5 rings (SSSR count). The predicted molar refractivity (Wildman–Crippen MR) is 145 cm³/mol. The molecule has 0 bridgehead atoms. The minimum absolute atomic E-state index is 0.0846. The van der Waals surface area contributed by atoms with Crippen LogP contribution in [0.2, 0.25) is 0 Å². The number of carbonyl (C=O) groups is 3. The van der Waals surface area contributed by atoms with Gasteiger partial charge in [-0.1, -0.05) is 24.3 Å². The Morgan fingerprint density at radius 1 is 1.11 bits per heavy atom. The van der Waals surface area contributed by atoms with E-state index in [4.69, 9.17) is 4.74 Å². The first-order valence-corrected chi connectivity index (χ1v) is 14.1. The molecule has 37 heavy (non-hydrogen) atoms. The van der Waals surface area contributed by atoms with Crippen molar-refractivity contribution < 1.29 is 24.2 Å². The van der Waals surface area contributed by atoms with Crippen LogP contribution >= 0.6 is 11.8 Å². The third-order valence-electron chi connectivity index (χ3n) is 7.97. The highest BCUT2D eigenvalue weighted by molar-refractivity contribution is 8.02. The smallest absolute Gasteiger partial charge is 0.311 e. The molecule has 1 aromatic carbocycles. The number of fused-ring (bicyclic) bond motifs is 2. The number of amides is 2. The van der Waals surface area contributed by atoms with Crippen LogP contribution in [-0.2, 0) is 19.1 Å². The summed E-state index contributed by atoms with van der Waals surface area (Å²) in [6, 6.07) is 7.20. The van der Waals surface area contributed by atoms with Gasteiger partial charge in [-0.15, -0.1) is 11.8 Å². The summed E-state index contributed by atoms with van der Waals surface area (Å²) < 4.78 is 4.63. The molecule has 2 amide bonds. The van der Waals surface area contributed by atoms with Crippen LogP contribution in [0.5, 0.6) is 0 Å². The molecule has 5 atom stereocenters. The summed E-state index contributed by atoms with van der Waals surface area (Å²) in [6.07, 6.45) is 8.98. The molecule has 4 aliphatic heterocycles. The summed E-state index contributed by atoms with van der Waals surface area (Å²) in [4.78, 5) is 46.9. The molecule has 2 saturated heterocycles. The Bertz CT molecular complexity index is 1100. The van der Waals surface area contributed by atoms with Crippen molar-refractivity contribution in [3.63, 3.8) is 0 Å². The Hall–Kier alpha value is -2.78. The van der Waals surface area contributed by atoms with E-state index in [9.17, 15) is 19.5 Å². The summed E-state index contributed by atoms with van der Waals surface area (Å²) in [5.41, 5.74) is 1.87. The first-order chi connectivity index (χ1) is 18.0. The third kappa shape index (κ3) is 4.26. The number of hydrogen-bond acceptors (Lipinski definition) is 7. The van der Waals surface area contributed by atoms with Crippen LogP contribution in [0.1, 0.15) is 26.7 Å². The summed E-state index contributed by atoms with van der Waals surface area (Å²) in [5.74, 6) is -2.07. The van der Waals surface area contributed by atoms with E-state index in [0.29, 0.717) is 26.0 Å². The van der Waals surface area contributed by atoms with Crippen molar-refractivity contribution in [1.29, 1.82) is 0 Å². The maximum atomic E-state index is 14.3. The largest absolute Gasteiger partial charge is 0.465 e. The number of likely N-dealkylation sites (tertiary alicyclic amines) is 1. The quantitative estimate of drug-likeness (QED) is 0.432. The van der Waals surface area contributed by atoms with Crippen LogP contribution in [0.25, 0.3) is 0 Å². The lowest BCUT2D eigenvalue weighted by atomic mass is 9.78. The molecular weight excluding hydrogens is 490 g/mol. The topological polar surface area (TPSA) is 90.4 Å². The highest BCUT2D eigenvalue weighted by Gasteiger charge is 2.70. The van der Waals surface area contributed by atoms with Crippen LogP contribution in [0, 0.1) is 11.8 Å². The number of aliphatic hydroxyl groups excluding tert-OH is 1. The minimum atomic E-state index is -0.872. The van der Waals surface area contributed by atoms with Crippen LogP contribution < -0.4 is 9.80 Å². The van der Waals surface area contributed by atoms with Gasteiger partial charge in [-0.3, -0.25) is 14.4 Å². The molecule has 2 fully saturated rings. The summed E-state index contributed by atoms with van der Waals surface area (Å²) in [7, 11) is 0. The van der Waals surface area contributed by atoms with Gasteiger partial charge < -0.3 is 24.5 Å². The van der Waals surface area contributed by atoms with Gasteiger partial charge in [-0.25, -0.2) is 0 Å². The van der Waals surface area contributed by atoms with Gasteiger partial charge in [0.25, 0.3) is 5.91 Å². The number of aliphatic hydroxyl groups is 1. The molecule has 1 N–H and O–H groups in total. The zero-order valence-corrected chi connectivity index (χ0v) is 22.2. The first kappa shape index (κ1) is 25.9. The monoisotopic (exact) mass is 525 g/mol. The highest BCUT2D eigenvalue weighted by atomic mass is 32.2. The van der Waals surface area contributed by atoms with Crippen LogP contribution in [0.15, 0.2) is 48.6 Å². The standard InChI is InChI=1S/C28H35N3O5S/c1-3-29(4-2)19-10-12-20(13-11-19)30-15-7-14-28-23(22-21(37-28)9-5-6-18-36-27(22)35)25(33)31(16-8-17-32)24(28)26(30)34/h5,7,9-14,21-24,32H,3-4,6,8,15-18H2,1-2H3/t21-,22+,23+,24?,28+/m1/s1.